The largest absolute Gasteiger partial charge is 0.481 e. The average Bonchev–Trinajstić information content (AvgIpc) is 2.90. The van der Waals surface area contributed by atoms with Crippen LogP contribution in [0.2, 0.25) is 0 Å². The Morgan fingerprint density at radius 2 is 1.90 bits per heavy atom. The molecule has 39 heavy (non-hydrogen) atoms. The molecule has 0 bridgehead atoms. The van der Waals surface area contributed by atoms with Crippen LogP contribution in [0.15, 0.2) is 18.3 Å². The average molecular weight is 564 g/mol. The monoisotopic (exact) mass is 563 g/mol. The number of sulfonamides is 1. The third kappa shape index (κ3) is 6.87. The number of aryl methyl sites for hydroxylation is 1. The van der Waals surface area contributed by atoms with Crippen molar-refractivity contribution in [1.29, 1.82) is 0 Å². The Labute approximate surface area is 226 Å². The van der Waals surface area contributed by atoms with Crippen molar-refractivity contribution < 1.29 is 37.5 Å². The van der Waals surface area contributed by atoms with Crippen molar-refractivity contribution in [3.8, 4) is 0 Å². The van der Waals surface area contributed by atoms with E-state index >= 15 is 0 Å². The van der Waals surface area contributed by atoms with E-state index < -0.39 is 70.1 Å². The van der Waals surface area contributed by atoms with Gasteiger partial charge in [0, 0.05) is 31.4 Å². The molecule has 3 amide bonds. The van der Waals surface area contributed by atoms with Gasteiger partial charge in [0.05, 0.1) is 17.7 Å². The van der Waals surface area contributed by atoms with Gasteiger partial charge in [-0.05, 0) is 45.2 Å². The van der Waals surface area contributed by atoms with Gasteiger partial charge in [0.25, 0.3) is 5.91 Å². The maximum atomic E-state index is 13.5. The molecule has 212 valence electrons. The fraction of sp³-hybridized carbons (Fsp3) is 0.520. The van der Waals surface area contributed by atoms with Crippen LogP contribution in [0, 0.1) is 0 Å². The van der Waals surface area contributed by atoms with Crippen LogP contribution < -0.4 is 10.6 Å². The summed E-state index contributed by atoms with van der Waals surface area (Å²) < 4.78 is 26.7. The van der Waals surface area contributed by atoms with Crippen molar-refractivity contribution in [3.05, 3.63) is 35.2 Å². The number of fused-ring (bicyclic) bond motifs is 1. The van der Waals surface area contributed by atoms with E-state index in [1.54, 1.807) is 0 Å². The molecule has 3 rings (SSSR count). The van der Waals surface area contributed by atoms with Crippen molar-refractivity contribution in [3.63, 3.8) is 0 Å². The number of nitrogens with one attached hydrogen (secondary N) is 2. The molecule has 0 radical (unpaired) electrons. The Kier molecular flexibility index (Phi) is 9.56. The van der Waals surface area contributed by atoms with E-state index in [1.807, 2.05) is 18.2 Å². The van der Waals surface area contributed by atoms with Crippen LogP contribution in [-0.4, -0.2) is 101 Å². The van der Waals surface area contributed by atoms with E-state index in [0.29, 0.717) is 5.56 Å². The number of nitrogens with zero attached hydrogens (tertiary/aromatic N) is 3. The molecular formula is C25H33N5O8S. The van der Waals surface area contributed by atoms with Gasteiger partial charge in [-0.3, -0.25) is 24.2 Å². The summed E-state index contributed by atoms with van der Waals surface area (Å²) in [5.74, 6) is -3.43. The Hall–Kier alpha value is -3.65. The number of piperazine rings is 1. The number of carbonyl (C=O) groups is 5. The zero-order chi connectivity index (χ0) is 28.9. The topological polar surface area (TPSA) is 183 Å². The molecule has 1 fully saturated rings. The van der Waals surface area contributed by atoms with Crippen molar-refractivity contribution in [2.45, 2.75) is 63.4 Å². The molecule has 1 aliphatic heterocycles. The van der Waals surface area contributed by atoms with Crippen LogP contribution in [0.3, 0.4) is 0 Å². The first-order valence-electron chi connectivity index (χ1n) is 12.6. The SMILES string of the molecule is CC(NC(=O)c1nccc2c1C=CCC2)C(=O)N1CCN(S(=O)(=O)C(C)C)C[C@H]1C(=O)NC(C=O)CC(=O)O. The van der Waals surface area contributed by atoms with Crippen molar-refractivity contribution in [2.24, 2.45) is 0 Å². The molecule has 14 heteroatoms. The number of aliphatic carboxylic acids is 1. The zero-order valence-electron chi connectivity index (χ0n) is 22.0. The van der Waals surface area contributed by atoms with Crippen molar-refractivity contribution in [1.82, 2.24) is 24.8 Å². The van der Waals surface area contributed by atoms with Crippen LogP contribution >= 0.6 is 0 Å². The molecule has 2 unspecified atom stereocenters. The number of aldehydes is 1. The third-order valence-corrected chi connectivity index (χ3v) is 8.89. The van der Waals surface area contributed by atoms with Gasteiger partial charge in [0.1, 0.15) is 24.1 Å². The molecule has 1 aromatic heterocycles. The first kappa shape index (κ1) is 29.9. The maximum absolute atomic E-state index is 13.5. The lowest BCUT2D eigenvalue weighted by Gasteiger charge is -2.41. The van der Waals surface area contributed by atoms with Crippen LogP contribution in [-0.2, 0) is 35.6 Å². The van der Waals surface area contributed by atoms with E-state index in [1.165, 1.54) is 27.0 Å². The summed E-state index contributed by atoms with van der Waals surface area (Å²) in [6.45, 7) is 3.78. The molecular weight excluding hydrogens is 530 g/mol. The number of carboxylic acids is 1. The highest BCUT2D eigenvalue weighted by atomic mass is 32.2. The van der Waals surface area contributed by atoms with Gasteiger partial charge in [0.2, 0.25) is 21.8 Å². The van der Waals surface area contributed by atoms with Gasteiger partial charge in [-0.25, -0.2) is 8.42 Å². The molecule has 3 N–H and O–H groups in total. The molecule has 3 atom stereocenters. The lowest BCUT2D eigenvalue weighted by molar-refractivity contribution is -0.145. The molecule has 1 aliphatic carbocycles. The second-order valence-corrected chi connectivity index (χ2v) is 12.2. The summed E-state index contributed by atoms with van der Waals surface area (Å²) in [6, 6.07) is -2.01. The first-order valence-corrected chi connectivity index (χ1v) is 14.1. The Morgan fingerprint density at radius 3 is 2.54 bits per heavy atom. The molecule has 13 nitrogen and oxygen atoms in total. The lowest BCUT2D eigenvalue weighted by atomic mass is 9.96. The summed E-state index contributed by atoms with van der Waals surface area (Å²) in [4.78, 5) is 67.3. The summed E-state index contributed by atoms with van der Waals surface area (Å²) in [6.07, 6.45) is 6.44. The van der Waals surface area contributed by atoms with Gasteiger partial charge < -0.3 is 25.4 Å². The normalized spacial score (nSPS) is 19.1. The summed E-state index contributed by atoms with van der Waals surface area (Å²) in [5, 5.41) is 13.1. The van der Waals surface area contributed by atoms with E-state index in [0.717, 1.165) is 27.6 Å². The maximum Gasteiger partial charge on any atom is 0.305 e. The van der Waals surface area contributed by atoms with E-state index in [9.17, 15) is 32.4 Å². The molecule has 1 saturated heterocycles. The Bertz CT molecular complexity index is 1280. The van der Waals surface area contributed by atoms with E-state index in [4.69, 9.17) is 5.11 Å². The van der Waals surface area contributed by atoms with Crippen LogP contribution in [0.5, 0.6) is 0 Å². The second-order valence-electron chi connectivity index (χ2n) is 9.72. The predicted octanol–water partition coefficient (Wildman–Crippen LogP) is -0.431. The third-order valence-electron chi connectivity index (χ3n) is 6.65. The number of carboxylic acid groups (broad SMARTS) is 1. The van der Waals surface area contributed by atoms with Gasteiger partial charge >= 0.3 is 5.97 Å². The molecule has 0 saturated carbocycles. The number of hydrogen-bond donors (Lipinski definition) is 3. The lowest BCUT2D eigenvalue weighted by Crippen LogP contribution is -2.65. The number of hydrogen-bond acceptors (Lipinski definition) is 8. The van der Waals surface area contributed by atoms with Crippen LogP contribution in [0.4, 0.5) is 0 Å². The van der Waals surface area contributed by atoms with Gasteiger partial charge in [0.15, 0.2) is 0 Å². The highest BCUT2D eigenvalue weighted by Crippen LogP contribution is 2.22. The van der Waals surface area contributed by atoms with E-state index in [-0.39, 0.29) is 25.1 Å². The minimum absolute atomic E-state index is 0.0819. The molecule has 0 spiro atoms. The molecule has 2 aliphatic rings. The first-order chi connectivity index (χ1) is 18.4. The van der Waals surface area contributed by atoms with Crippen molar-refractivity contribution in [2.75, 3.05) is 19.6 Å². The smallest absolute Gasteiger partial charge is 0.305 e. The summed E-state index contributed by atoms with van der Waals surface area (Å²) in [7, 11) is -3.79. The Morgan fingerprint density at radius 1 is 1.18 bits per heavy atom. The minimum atomic E-state index is -3.79. The van der Waals surface area contributed by atoms with E-state index in [2.05, 4.69) is 15.6 Å². The second kappa shape index (κ2) is 12.5. The highest BCUT2D eigenvalue weighted by molar-refractivity contribution is 7.89. The molecule has 1 aromatic rings. The minimum Gasteiger partial charge on any atom is -0.481 e. The van der Waals surface area contributed by atoms with Crippen LogP contribution in [0.25, 0.3) is 6.08 Å². The summed E-state index contributed by atoms with van der Waals surface area (Å²) >= 11 is 0. The number of carbonyl (C=O) groups excluding carboxylic acids is 4. The van der Waals surface area contributed by atoms with Crippen LogP contribution in [0.1, 0.15) is 55.2 Å². The fourth-order valence-electron chi connectivity index (χ4n) is 4.49. The molecule has 2 heterocycles. The van der Waals surface area contributed by atoms with Gasteiger partial charge in [-0.15, -0.1) is 0 Å². The number of amides is 3. The summed E-state index contributed by atoms with van der Waals surface area (Å²) in [5.41, 5.74) is 1.79. The predicted molar refractivity (Wildman–Crippen MR) is 140 cm³/mol. The number of allylic oxidation sites excluding steroid dienone is 1. The number of aromatic nitrogens is 1. The zero-order valence-corrected chi connectivity index (χ0v) is 22.8. The Balaban J connectivity index is 1.82. The van der Waals surface area contributed by atoms with Crippen molar-refractivity contribution >= 4 is 46.1 Å². The van der Waals surface area contributed by atoms with Gasteiger partial charge in [-0.1, -0.05) is 12.2 Å². The highest BCUT2D eigenvalue weighted by Gasteiger charge is 2.42. The number of pyridine rings is 1. The standard InChI is InChI=1S/C25H33N5O8S/c1-15(2)39(37,38)29-10-11-30(20(13-29)23(34)28-18(14-31)12-21(32)33)25(36)16(3)27-24(35)22-19-7-5-4-6-17(19)8-9-26-22/h5,7-9,14-16,18,20H,4,6,10-13H2,1-3H3,(H,27,35)(H,28,34)(H,32,33)/t16?,18?,20-/m0/s1. The van der Waals surface area contributed by atoms with Gasteiger partial charge in [-0.2, -0.15) is 4.31 Å². The quantitative estimate of drug-likeness (QED) is 0.318. The molecule has 0 aromatic carbocycles. The number of rotatable bonds is 10. The fourth-order valence-corrected chi connectivity index (χ4v) is 5.77.